The van der Waals surface area contributed by atoms with Crippen LogP contribution >= 0.6 is 0 Å². The van der Waals surface area contributed by atoms with Crippen LogP contribution in [0.5, 0.6) is 0 Å². The maximum absolute atomic E-state index is 11.9. The van der Waals surface area contributed by atoms with Gasteiger partial charge in [0.1, 0.15) is 11.5 Å². The predicted octanol–water partition coefficient (Wildman–Crippen LogP) is 10.5. The van der Waals surface area contributed by atoms with Crippen molar-refractivity contribution in [2.75, 3.05) is 18.1 Å². The van der Waals surface area contributed by atoms with Crippen LogP contribution in [0.25, 0.3) is 0 Å². The van der Waals surface area contributed by atoms with Gasteiger partial charge in [-0.1, -0.05) is 99.3 Å². The number of anilines is 1. The van der Waals surface area contributed by atoms with Crippen molar-refractivity contribution in [1.82, 2.24) is 0 Å². The first-order valence-electron chi connectivity index (χ1n) is 16.6. The first-order chi connectivity index (χ1) is 19.7. The Bertz CT molecular complexity index is 913. The van der Waals surface area contributed by atoms with Gasteiger partial charge in [0.25, 0.3) is 0 Å². The van der Waals surface area contributed by atoms with Gasteiger partial charge in [-0.25, -0.2) is 0 Å². The molecule has 1 aromatic carbocycles. The number of amides is 1. The number of carbonyl (C=O) groups excluding carboxylic acids is 2. The molecular weight excluding hydrogens is 506 g/mol. The number of unbranched alkanes of at least 4 members (excludes halogenated alkanes) is 1. The van der Waals surface area contributed by atoms with Crippen LogP contribution < -0.4 is 4.90 Å². The number of ketones is 1. The van der Waals surface area contributed by atoms with Gasteiger partial charge in [-0.15, -0.1) is 0 Å². The Labute approximate surface area is 254 Å². The lowest BCUT2D eigenvalue weighted by Crippen LogP contribution is -2.31. The van der Waals surface area contributed by atoms with Crippen LogP contribution in [0.3, 0.4) is 0 Å². The second-order valence-electron chi connectivity index (χ2n) is 11.2. The zero-order chi connectivity index (χ0) is 31.2. The quantitative estimate of drug-likeness (QED) is 0.251. The fourth-order valence-electron chi connectivity index (χ4n) is 5.36. The molecule has 1 aromatic rings. The molecule has 4 nitrogen and oxygen atoms in total. The Balaban J connectivity index is 0.000000656. The molecule has 1 aliphatic heterocycles. The molecule has 1 fully saturated rings. The number of hydrogen-bond donors (Lipinski definition) is 0. The second kappa shape index (κ2) is 23.2. The highest BCUT2D eigenvalue weighted by Gasteiger charge is 2.26. The summed E-state index contributed by atoms with van der Waals surface area (Å²) in [5.41, 5.74) is 3.81. The molecule has 1 aliphatic carbocycles. The third-order valence-electron chi connectivity index (χ3n) is 7.52. The Morgan fingerprint density at radius 1 is 1.05 bits per heavy atom. The van der Waals surface area contributed by atoms with Gasteiger partial charge in [0, 0.05) is 25.1 Å². The normalized spacial score (nSPS) is 16.4. The summed E-state index contributed by atoms with van der Waals surface area (Å²) in [5, 5.41) is 0. The van der Waals surface area contributed by atoms with Crippen molar-refractivity contribution >= 4 is 17.4 Å². The fourth-order valence-corrected chi connectivity index (χ4v) is 5.36. The molecule has 3 atom stereocenters. The molecule has 4 heteroatoms. The highest BCUT2D eigenvalue weighted by Crippen LogP contribution is 2.37. The smallest absolute Gasteiger partial charge is 0.226 e. The highest BCUT2D eigenvalue weighted by atomic mass is 16.5. The molecule has 0 saturated carbocycles. The number of benzene rings is 1. The number of fused-ring (bicyclic) bond motifs is 1. The predicted molar refractivity (Wildman–Crippen MR) is 178 cm³/mol. The topological polar surface area (TPSA) is 46.6 Å². The van der Waals surface area contributed by atoms with Crippen LogP contribution in [0.1, 0.15) is 133 Å². The van der Waals surface area contributed by atoms with E-state index in [1.807, 2.05) is 37.8 Å². The molecule has 1 saturated heterocycles. The number of ether oxygens (including phenoxy) is 1. The van der Waals surface area contributed by atoms with E-state index in [4.69, 9.17) is 4.74 Å². The van der Waals surface area contributed by atoms with Gasteiger partial charge in [0.15, 0.2) is 0 Å². The lowest BCUT2D eigenvalue weighted by atomic mass is 9.77. The van der Waals surface area contributed by atoms with Crippen molar-refractivity contribution in [3.05, 3.63) is 53.3 Å². The van der Waals surface area contributed by atoms with Crippen molar-refractivity contribution in [1.29, 1.82) is 0 Å². The van der Waals surface area contributed by atoms with Crippen LogP contribution in [0, 0.1) is 17.8 Å². The van der Waals surface area contributed by atoms with Crippen molar-refractivity contribution in [3.63, 3.8) is 0 Å². The molecule has 0 radical (unpaired) electrons. The van der Waals surface area contributed by atoms with E-state index in [1.54, 1.807) is 0 Å². The molecule has 234 valence electrons. The lowest BCUT2D eigenvalue weighted by Gasteiger charge is -2.28. The van der Waals surface area contributed by atoms with Gasteiger partial charge in [0.2, 0.25) is 5.91 Å². The van der Waals surface area contributed by atoms with Gasteiger partial charge in [-0.2, -0.15) is 0 Å². The molecule has 0 aromatic heterocycles. The summed E-state index contributed by atoms with van der Waals surface area (Å²) in [7, 11) is 0. The minimum Gasteiger partial charge on any atom is -0.493 e. The highest BCUT2D eigenvalue weighted by molar-refractivity contribution is 5.93. The van der Waals surface area contributed by atoms with Gasteiger partial charge < -0.3 is 14.4 Å². The van der Waals surface area contributed by atoms with Crippen LogP contribution in [0.15, 0.2) is 47.7 Å². The molecule has 0 spiro atoms. The van der Waals surface area contributed by atoms with Gasteiger partial charge in [0.05, 0.1) is 6.61 Å². The number of Topliss-reactive ketones (excluding diaryl/α,β-unsaturated/α-hetero) is 1. The van der Waals surface area contributed by atoms with E-state index >= 15 is 0 Å². The molecule has 1 amide bonds. The van der Waals surface area contributed by atoms with Crippen LogP contribution in [-0.4, -0.2) is 24.8 Å². The summed E-state index contributed by atoms with van der Waals surface area (Å²) in [5.74, 6) is 4.06. The first kappa shape index (κ1) is 38.6. The third-order valence-corrected chi connectivity index (χ3v) is 7.52. The molecule has 1 heterocycles. The van der Waals surface area contributed by atoms with E-state index in [-0.39, 0.29) is 11.7 Å². The molecule has 3 rings (SSSR count). The third kappa shape index (κ3) is 15.4. The summed E-state index contributed by atoms with van der Waals surface area (Å²) >= 11 is 0. The Hall–Kier alpha value is -2.36. The lowest BCUT2D eigenvalue weighted by molar-refractivity contribution is -0.118. The number of hydrogen-bond acceptors (Lipinski definition) is 3. The van der Waals surface area contributed by atoms with Crippen molar-refractivity contribution in [2.45, 2.75) is 133 Å². The molecule has 2 aliphatic rings. The SMILES string of the molecule is CC.CC(C)=O.CCCC(C)CC(CC)C1C=C2CCOC2=CC1.CCCCN(C(=O)CC)c1cccc(CC)c1. The maximum atomic E-state index is 11.9. The Morgan fingerprint density at radius 2 is 1.73 bits per heavy atom. The number of carbonyl (C=O) groups is 2. The zero-order valence-corrected chi connectivity index (χ0v) is 28.4. The first-order valence-corrected chi connectivity index (χ1v) is 16.6. The monoisotopic (exact) mass is 569 g/mol. The van der Waals surface area contributed by atoms with Crippen LogP contribution in [0.2, 0.25) is 0 Å². The summed E-state index contributed by atoms with van der Waals surface area (Å²) in [4.78, 5) is 23.3. The Morgan fingerprint density at radius 3 is 2.29 bits per heavy atom. The number of rotatable bonds is 12. The van der Waals surface area contributed by atoms with E-state index in [0.29, 0.717) is 6.42 Å². The second-order valence-corrected chi connectivity index (χ2v) is 11.2. The standard InChI is InChI=1S/C17H28O.C15H23NO.C3H6O.C2H6/c1-4-6-13(3)11-14(5-2)15-7-8-17-16(12-15)9-10-18-17;1-4-7-11-16(15(17)6-3)14-10-8-9-13(5-2)12-14;1-3(2)4;1-2/h8,12-15H,4-7,9-11H2,1-3H3;8-10,12H,4-7,11H2,1-3H3;1-2H3;1-2H3. The zero-order valence-electron chi connectivity index (χ0n) is 28.4. The molecular formula is C37H63NO3. The van der Waals surface area contributed by atoms with Gasteiger partial charge in [-0.3, -0.25) is 4.79 Å². The van der Waals surface area contributed by atoms with Crippen molar-refractivity contribution < 1.29 is 14.3 Å². The number of nitrogens with zero attached hydrogens (tertiary/aromatic N) is 1. The van der Waals surface area contributed by atoms with E-state index in [0.717, 1.165) is 62.3 Å². The molecule has 0 N–H and O–H groups in total. The summed E-state index contributed by atoms with van der Waals surface area (Å²) in [6.45, 7) is 22.1. The van der Waals surface area contributed by atoms with E-state index in [1.165, 1.54) is 62.8 Å². The van der Waals surface area contributed by atoms with Crippen molar-refractivity contribution in [3.8, 4) is 0 Å². The summed E-state index contributed by atoms with van der Waals surface area (Å²) in [6.07, 6.45) is 16.3. The minimum atomic E-state index is 0.167. The minimum absolute atomic E-state index is 0.167. The fraction of sp³-hybridized carbons (Fsp3) is 0.676. The summed E-state index contributed by atoms with van der Waals surface area (Å²) < 4.78 is 5.63. The summed E-state index contributed by atoms with van der Waals surface area (Å²) in [6, 6.07) is 8.31. The largest absolute Gasteiger partial charge is 0.493 e. The van der Waals surface area contributed by atoms with Crippen LogP contribution in [0.4, 0.5) is 5.69 Å². The number of allylic oxidation sites excluding steroid dienone is 3. The molecule has 3 unspecified atom stereocenters. The Kier molecular flexibility index (Phi) is 21.9. The average molecular weight is 570 g/mol. The van der Waals surface area contributed by atoms with E-state index in [9.17, 15) is 9.59 Å². The molecule has 41 heavy (non-hydrogen) atoms. The van der Waals surface area contributed by atoms with E-state index < -0.39 is 0 Å². The average Bonchev–Trinajstić information content (AvgIpc) is 3.45. The van der Waals surface area contributed by atoms with Crippen molar-refractivity contribution in [2.24, 2.45) is 17.8 Å². The van der Waals surface area contributed by atoms with Gasteiger partial charge >= 0.3 is 0 Å². The molecule has 0 bridgehead atoms. The maximum Gasteiger partial charge on any atom is 0.226 e. The van der Waals surface area contributed by atoms with Crippen LogP contribution in [-0.2, 0) is 20.7 Å². The van der Waals surface area contributed by atoms with Gasteiger partial charge in [-0.05, 0) is 86.6 Å². The number of aryl methyl sites for hydroxylation is 1. The van der Waals surface area contributed by atoms with E-state index in [2.05, 4.69) is 58.9 Å².